The second-order valence-corrected chi connectivity index (χ2v) is 13.2. The number of rotatable bonds is 32. The van der Waals surface area contributed by atoms with Crippen molar-refractivity contribution in [2.45, 2.75) is 154 Å². The molecule has 2 N–H and O–H groups in total. The van der Waals surface area contributed by atoms with Crippen LogP contribution in [0.5, 0.6) is 0 Å². The van der Waals surface area contributed by atoms with Gasteiger partial charge < -0.3 is 19.3 Å². The van der Waals surface area contributed by atoms with Crippen molar-refractivity contribution >= 4 is 32.0 Å². The van der Waals surface area contributed by atoms with E-state index in [-0.39, 0.29) is 12.6 Å². The Bertz CT molecular complexity index is 617. The Kier molecular flexibility index (Phi) is 29.4. The zero-order valence-corrected chi connectivity index (χ0v) is 26.9. The minimum absolute atomic E-state index is 0.284. The van der Waals surface area contributed by atoms with Crippen molar-refractivity contribution in [3.05, 3.63) is 0 Å². The van der Waals surface area contributed by atoms with Gasteiger partial charge in [0, 0.05) is 12.2 Å². The normalized spacial score (nSPS) is 12.4. The standard InChI is InChI=1S/C30H59O8PS/c1-2-3-4-5-6-7-11-14-17-20-23-30(32)38-29(26-37-39(33,34)35)27-40-25-22-19-16-13-10-8-9-12-15-18-21-24-36-28-31/h28-29H,2-27H2,1H3,(H2,33,34,35)/t29-/m1/s1. The van der Waals surface area contributed by atoms with Crippen molar-refractivity contribution in [1.29, 1.82) is 0 Å². The zero-order valence-electron chi connectivity index (χ0n) is 25.2. The quantitative estimate of drug-likeness (QED) is 0.0334. The van der Waals surface area contributed by atoms with Crippen LogP contribution in [0.2, 0.25) is 0 Å². The Labute approximate surface area is 248 Å². The lowest BCUT2D eigenvalue weighted by Crippen LogP contribution is -2.25. The summed E-state index contributed by atoms with van der Waals surface area (Å²) < 4.78 is 26.0. The highest BCUT2D eigenvalue weighted by Crippen LogP contribution is 2.36. The van der Waals surface area contributed by atoms with Crippen LogP contribution in [0.3, 0.4) is 0 Å². The lowest BCUT2D eigenvalue weighted by Gasteiger charge is -2.18. The largest absolute Gasteiger partial charge is 0.469 e. The van der Waals surface area contributed by atoms with E-state index in [0.29, 0.717) is 25.3 Å². The second-order valence-electron chi connectivity index (χ2n) is 10.8. The molecule has 0 aliphatic rings. The first-order valence-electron chi connectivity index (χ1n) is 15.9. The lowest BCUT2D eigenvalue weighted by atomic mass is 10.1. The van der Waals surface area contributed by atoms with Crippen molar-refractivity contribution in [1.82, 2.24) is 0 Å². The summed E-state index contributed by atoms with van der Waals surface area (Å²) >= 11 is 1.64. The molecule has 0 spiro atoms. The molecular formula is C30H59O8PS. The van der Waals surface area contributed by atoms with Gasteiger partial charge in [0.05, 0.1) is 13.2 Å². The van der Waals surface area contributed by atoms with Gasteiger partial charge in [0.1, 0.15) is 6.10 Å². The summed E-state index contributed by atoms with van der Waals surface area (Å²) in [5.41, 5.74) is 0. The fourth-order valence-corrected chi connectivity index (χ4v) is 5.90. The van der Waals surface area contributed by atoms with E-state index in [1.807, 2.05) is 0 Å². The lowest BCUT2D eigenvalue weighted by molar-refractivity contribution is -0.149. The molecule has 0 aromatic heterocycles. The third kappa shape index (κ3) is 31.9. The highest BCUT2D eigenvalue weighted by atomic mass is 32.2. The molecule has 0 aliphatic carbocycles. The van der Waals surface area contributed by atoms with Crippen LogP contribution in [-0.2, 0) is 28.2 Å². The highest BCUT2D eigenvalue weighted by molar-refractivity contribution is 7.99. The van der Waals surface area contributed by atoms with Gasteiger partial charge in [-0.1, -0.05) is 122 Å². The summed E-state index contributed by atoms with van der Waals surface area (Å²) in [5.74, 6) is 1.09. The van der Waals surface area contributed by atoms with Gasteiger partial charge in [0.2, 0.25) is 0 Å². The maximum atomic E-state index is 12.3. The van der Waals surface area contributed by atoms with Gasteiger partial charge in [0.15, 0.2) is 0 Å². The van der Waals surface area contributed by atoms with Crippen LogP contribution < -0.4 is 0 Å². The summed E-state index contributed by atoms with van der Waals surface area (Å²) in [5, 5.41) is 0. The SMILES string of the molecule is CCCCCCCCCCCCC(=O)O[C@H](COP(=O)(O)O)CSCCCCCCCCCCCCCOC=O. The highest BCUT2D eigenvalue weighted by Gasteiger charge is 2.21. The number of unbranched alkanes of at least 4 members (excludes halogenated alkanes) is 19. The maximum Gasteiger partial charge on any atom is 0.469 e. The average molecular weight is 611 g/mol. The van der Waals surface area contributed by atoms with Crippen LogP contribution in [0.15, 0.2) is 0 Å². The molecule has 0 bridgehead atoms. The first-order valence-corrected chi connectivity index (χ1v) is 18.6. The predicted molar refractivity (Wildman–Crippen MR) is 164 cm³/mol. The van der Waals surface area contributed by atoms with E-state index in [0.717, 1.165) is 50.7 Å². The summed E-state index contributed by atoms with van der Waals surface area (Å²) in [6.07, 6.45) is 24.6. The summed E-state index contributed by atoms with van der Waals surface area (Å²) in [7, 11) is -4.60. The van der Waals surface area contributed by atoms with Crippen molar-refractivity contribution in [2.24, 2.45) is 0 Å². The molecule has 0 aromatic rings. The van der Waals surface area contributed by atoms with Gasteiger partial charge in [-0.2, -0.15) is 11.8 Å². The summed E-state index contributed by atoms with van der Waals surface area (Å²) in [6, 6.07) is 0. The Morgan fingerprint density at radius 3 is 1.73 bits per heavy atom. The second kappa shape index (κ2) is 29.9. The van der Waals surface area contributed by atoms with Gasteiger partial charge in [-0.3, -0.25) is 14.1 Å². The van der Waals surface area contributed by atoms with E-state index < -0.39 is 13.9 Å². The number of ether oxygens (including phenoxy) is 2. The molecule has 0 aromatic carbocycles. The fourth-order valence-electron chi connectivity index (χ4n) is 4.54. The molecule has 40 heavy (non-hydrogen) atoms. The van der Waals surface area contributed by atoms with Crippen LogP contribution in [0.4, 0.5) is 0 Å². The smallest absolute Gasteiger partial charge is 0.468 e. The number of hydrogen-bond acceptors (Lipinski definition) is 7. The number of carbonyl (C=O) groups is 2. The number of hydrogen-bond donors (Lipinski definition) is 2. The molecule has 0 unspecified atom stereocenters. The molecular weight excluding hydrogens is 551 g/mol. The molecule has 0 radical (unpaired) electrons. The van der Waals surface area contributed by atoms with Crippen LogP contribution >= 0.6 is 19.6 Å². The summed E-state index contributed by atoms with van der Waals surface area (Å²) in [4.78, 5) is 40.4. The zero-order chi connectivity index (χ0) is 29.6. The topological polar surface area (TPSA) is 119 Å². The van der Waals surface area contributed by atoms with Gasteiger partial charge in [-0.05, 0) is 25.0 Å². The van der Waals surface area contributed by atoms with Crippen molar-refractivity contribution in [2.75, 3.05) is 24.7 Å². The van der Waals surface area contributed by atoms with E-state index >= 15 is 0 Å². The first kappa shape index (κ1) is 39.4. The number of phosphoric acid groups is 1. The molecule has 0 saturated heterocycles. The third-order valence-electron chi connectivity index (χ3n) is 6.88. The molecule has 0 amide bonds. The Balaban J connectivity index is 3.82. The molecule has 0 rings (SSSR count). The maximum absolute atomic E-state index is 12.3. The van der Waals surface area contributed by atoms with E-state index in [1.54, 1.807) is 11.8 Å². The molecule has 0 heterocycles. The fraction of sp³-hybridized carbons (Fsp3) is 0.933. The van der Waals surface area contributed by atoms with Gasteiger partial charge in [-0.15, -0.1) is 0 Å². The molecule has 0 saturated carbocycles. The van der Waals surface area contributed by atoms with Crippen molar-refractivity contribution in [3.8, 4) is 0 Å². The Morgan fingerprint density at radius 1 is 0.750 bits per heavy atom. The van der Waals surface area contributed by atoms with Crippen LogP contribution in [0, 0.1) is 0 Å². The Hall–Kier alpha value is -0.600. The molecule has 238 valence electrons. The number of esters is 1. The minimum atomic E-state index is -4.60. The molecule has 0 aliphatic heterocycles. The van der Waals surface area contributed by atoms with Crippen LogP contribution in [-0.4, -0.2) is 53.1 Å². The van der Waals surface area contributed by atoms with Gasteiger partial charge >= 0.3 is 13.8 Å². The average Bonchev–Trinajstić information content (AvgIpc) is 2.92. The monoisotopic (exact) mass is 610 g/mol. The van der Waals surface area contributed by atoms with Gasteiger partial charge in [-0.25, -0.2) is 4.57 Å². The van der Waals surface area contributed by atoms with E-state index in [4.69, 9.17) is 14.5 Å². The molecule has 0 fully saturated rings. The van der Waals surface area contributed by atoms with E-state index in [9.17, 15) is 14.2 Å². The van der Waals surface area contributed by atoms with Gasteiger partial charge in [0.25, 0.3) is 6.47 Å². The van der Waals surface area contributed by atoms with Crippen LogP contribution in [0.25, 0.3) is 0 Å². The van der Waals surface area contributed by atoms with Crippen LogP contribution in [0.1, 0.15) is 148 Å². The van der Waals surface area contributed by atoms with Crippen molar-refractivity contribution in [3.63, 3.8) is 0 Å². The predicted octanol–water partition coefficient (Wildman–Crippen LogP) is 8.52. The minimum Gasteiger partial charge on any atom is -0.468 e. The van der Waals surface area contributed by atoms with E-state index in [2.05, 4.69) is 16.2 Å². The first-order chi connectivity index (χ1) is 19.4. The molecule has 8 nitrogen and oxygen atoms in total. The van der Waals surface area contributed by atoms with E-state index in [1.165, 1.54) is 89.9 Å². The number of phosphoric ester groups is 1. The third-order valence-corrected chi connectivity index (χ3v) is 8.55. The summed E-state index contributed by atoms with van der Waals surface area (Å²) in [6.45, 7) is 2.99. The molecule has 10 heteroatoms. The number of thioether (sulfide) groups is 1. The number of carbonyl (C=O) groups excluding carboxylic acids is 2. The Morgan fingerprint density at radius 2 is 1.23 bits per heavy atom. The van der Waals surface area contributed by atoms with Crippen molar-refractivity contribution < 1.29 is 37.9 Å². The molecule has 1 atom stereocenters.